The molecule has 1 heterocycles. The average Bonchev–Trinajstić information content (AvgIpc) is 3.08. The van der Waals surface area contributed by atoms with Crippen molar-refractivity contribution in [1.29, 1.82) is 0 Å². The fraction of sp³-hybridized carbons (Fsp3) is 0.120. The van der Waals surface area contributed by atoms with Crippen molar-refractivity contribution in [3.63, 3.8) is 0 Å². The van der Waals surface area contributed by atoms with Crippen LogP contribution in [0, 0.1) is 5.82 Å². The smallest absolute Gasteiger partial charge is 0.298 e. The number of thioether (sulfide) groups is 1. The van der Waals surface area contributed by atoms with Gasteiger partial charge in [0.05, 0.1) is 17.2 Å². The van der Waals surface area contributed by atoms with Gasteiger partial charge in [0.2, 0.25) is 0 Å². The summed E-state index contributed by atoms with van der Waals surface area (Å²) in [6.07, 6.45) is 1.63. The van der Waals surface area contributed by atoms with E-state index in [9.17, 15) is 14.0 Å². The summed E-state index contributed by atoms with van der Waals surface area (Å²) < 4.78 is 25.3. The molecule has 2 amide bonds. The highest BCUT2D eigenvalue weighted by atomic mass is 35.5. The maximum Gasteiger partial charge on any atom is 0.298 e. The summed E-state index contributed by atoms with van der Waals surface area (Å²) in [5, 5.41) is 0.130. The van der Waals surface area contributed by atoms with Crippen LogP contribution in [0.25, 0.3) is 6.08 Å². The molecule has 4 rings (SSSR count). The maximum absolute atomic E-state index is 13.9. The highest BCUT2D eigenvalue weighted by Gasteiger charge is 2.36. The van der Waals surface area contributed by atoms with E-state index in [-0.39, 0.29) is 22.6 Å². The summed E-state index contributed by atoms with van der Waals surface area (Å²) in [4.78, 5) is 26.7. The molecule has 0 aliphatic carbocycles. The van der Waals surface area contributed by atoms with E-state index >= 15 is 0 Å². The molecule has 168 valence electrons. The summed E-state index contributed by atoms with van der Waals surface area (Å²) in [6, 6.07) is 18.0. The number of nitrogens with zero attached hydrogens (tertiary/aromatic N) is 1. The average molecular weight is 484 g/mol. The van der Waals surface area contributed by atoms with Crippen LogP contribution in [0.1, 0.15) is 18.1 Å². The molecule has 0 aromatic heterocycles. The molecule has 1 saturated heterocycles. The number of benzene rings is 3. The Hall–Kier alpha value is -3.29. The first-order valence-electron chi connectivity index (χ1n) is 10.1. The van der Waals surface area contributed by atoms with Gasteiger partial charge < -0.3 is 9.47 Å². The van der Waals surface area contributed by atoms with Gasteiger partial charge in [-0.2, -0.15) is 0 Å². The number of anilines is 1. The summed E-state index contributed by atoms with van der Waals surface area (Å²) in [6.45, 7) is 2.28. The number of carbonyl (C=O) groups excluding carboxylic acids is 2. The number of rotatable bonds is 7. The molecule has 8 heteroatoms. The summed E-state index contributed by atoms with van der Waals surface area (Å²) in [7, 11) is 0. The molecule has 3 aromatic rings. The number of hydrogen-bond donors (Lipinski definition) is 0. The van der Waals surface area contributed by atoms with Crippen LogP contribution in [-0.2, 0) is 11.4 Å². The van der Waals surface area contributed by atoms with E-state index in [1.807, 2.05) is 6.92 Å². The lowest BCUT2D eigenvalue weighted by Crippen LogP contribution is -2.27. The fourth-order valence-corrected chi connectivity index (χ4v) is 4.17. The molecular formula is C25H19ClFNO4S. The fourth-order valence-electron chi connectivity index (χ4n) is 3.20. The predicted octanol–water partition coefficient (Wildman–Crippen LogP) is 6.70. The normalized spacial score (nSPS) is 14.8. The molecule has 5 nitrogen and oxygen atoms in total. The summed E-state index contributed by atoms with van der Waals surface area (Å²) in [5.74, 6) is 0.152. The second kappa shape index (κ2) is 10.1. The van der Waals surface area contributed by atoms with Crippen molar-refractivity contribution in [2.24, 2.45) is 0 Å². The SMILES string of the molecule is CCOc1cc(/C=C2/SC(=O)N(c3ccc(Cl)cc3)C2=O)ccc1OCc1ccccc1F. The van der Waals surface area contributed by atoms with Gasteiger partial charge in [-0.1, -0.05) is 35.9 Å². The maximum atomic E-state index is 13.9. The van der Waals surface area contributed by atoms with Gasteiger partial charge in [-0.05, 0) is 72.8 Å². The summed E-state index contributed by atoms with van der Waals surface area (Å²) in [5.41, 5.74) is 1.55. The summed E-state index contributed by atoms with van der Waals surface area (Å²) >= 11 is 6.76. The zero-order valence-electron chi connectivity index (χ0n) is 17.6. The van der Waals surface area contributed by atoms with Gasteiger partial charge in [0.25, 0.3) is 11.1 Å². The topological polar surface area (TPSA) is 55.8 Å². The van der Waals surface area contributed by atoms with E-state index in [1.165, 1.54) is 6.07 Å². The molecule has 0 atom stereocenters. The molecular weight excluding hydrogens is 465 g/mol. The number of imide groups is 1. The highest BCUT2D eigenvalue weighted by molar-refractivity contribution is 8.19. The van der Waals surface area contributed by atoms with E-state index in [2.05, 4.69) is 0 Å². The van der Waals surface area contributed by atoms with Crippen molar-refractivity contribution in [2.75, 3.05) is 11.5 Å². The quantitative estimate of drug-likeness (QED) is 0.350. The Kier molecular flexibility index (Phi) is 7.01. The van der Waals surface area contributed by atoms with E-state index in [4.69, 9.17) is 21.1 Å². The van der Waals surface area contributed by atoms with Crippen molar-refractivity contribution in [3.05, 3.63) is 93.6 Å². The lowest BCUT2D eigenvalue weighted by molar-refractivity contribution is -0.113. The zero-order valence-corrected chi connectivity index (χ0v) is 19.2. The third kappa shape index (κ3) is 5.21. The van der Waals surface area contributed by atoms with Gasteiger partial charge in [0.15, 0.2) is 11.5 Å². The number of amides is 2. The first-order valence-corrected chi connectivity index (χ1v) is 11.3. The molecule has 1 aliphatic heterocycles. The minimum atomic E-state index is -0.412. The van der Waals surface area contributed by atoms with Crippen LogP contribution in [0.4, 0.5) is 14.9 Å². The molecule has 0 N–H and O–H groups in total. The van der Waals surface area contributed by atoms with Crippen molar-refractivity contribution < 1.29 is 23.5 Å². The van der Waals surface area contributed by atoms with E-state index in [0.717, 1.165) is 16.7 Å². The Morgan fingerprint density at radius 3 is 2.48 bits per heavy atom. The molecule has 0 spiro atoms. The van der Waals surface area contributed by atoms with Gasteiger partial charge in [-0.15, -0.1) is 0 Å². The van der Waals surface area contributed by atoms with Crippen LogP contribution >= 0.6 is 23.4 Å². The lowest BCUT2D eigenvalue weighted by Gasteiger charge is -2.13. The van der Waals surface area contributed by atoms with E-state index < -0.39 is 5.91 Å². The molecule has 1 aliphatic rings. The van der Waals surface area contributed by atoms with Gasteiger partial charge >= 0.3 is 0 Å². The minimum Gasteiger partial charge on any atom is -0.490 e. The van der Waals surface area contributed by atoms with Crippen LogP contribution in [0.5, 0.6) is 11.5 Å². The highest BCUT2D eigenvalue weighted by Crippen LogP contribution is 2.37. The molecule has 0 bridgehead atoms. The predicted molar refractivity (Wildman–Crippen MR) is 128 cm³/mol. The lowest BCUT2D eigenvalue weighted by atomic mass is 10.1. The minimum absolute atomic E-state index is 0.0477. The van der Waals surface area contributed by atoms with Crippen LogP contribution in [0.2, 0.25) is 5.02 Å². The van der Waals surface area contributed by atoms with E-state index in [0.29, 0.717) is 39.9 Å². The van der Waals surface area contributed by atoms with Crippen molar-refractivity contribution >= 4 is 46.3 Å². The molecule has 0 saturated carbocycles. The Morgan fingerprint density at radius 1 is 1.00 bits per heavy atom. The van der Waals surface area contributed by atoms with Crippen molar-refractivity contribution in [1.82, 2.24) is 0 Å². The van der Waals surface area contributed by atoms with Gasteiger partial charge in [0.1, 0.15) is 12.4 Å². The van der Waals surface area contributed by atoms with Crippen LogP contribution < -0.4 is 14.4 Å². The zero-order chi connectivity index (χ0) is 23.4. The van der Waals surface area contributed by atoms with Gasteiger partial charge in [-0.3, -0.25) is 9.59 Å². The number of carbonyl (C=O) groups is 2. The molecule has 33 heavy (non-hydrogen) atoms. The van der Waals surface area contributed by atoms with Crippen LogP contribution in [0.15, 0.2) is 71.6 Å². The van der Waals surface area contributed by atoms with Crippen molar-refractivity contribution in [3.8, 4) is 11.5 Å². The first-order chi connectivity index (χ1) is 16.0. The second-order valence-corrected chi connectivity index (χ2v) is 8.44. The standard InChI is InChI=1S/C25H19ClFNO4S/c1-2-31-22-13-16(7-12-21(22)32-15-17-5-3-4-6-20(17)27)14-23-24(29)28(25(30)33-23)19-10-8-18(26)9-11-19/h3-14H,2,15H2,1H3/b23-14+. The number of ether oxygens (including phenoxy) is 2. The Balaban J connectivity index is 1.55. The molecule has 0 radical (unpaired) electrons. The third-order valence-electron chi connectivity index (χ3n) is 4.78. The number of hydrogen-bond acceptors (Lipinski definition) is 5. The molecule has 1 fully saturated rings. The third-order valence-corrected chi connectivity index (χ3v) is 5.91. The molecule has 0 unspecified atom stereocenters. The van der Waals surface area contributed by atoms with Crippen LogP contribution in [-0.4, -0.2) is 17.8 Å². The Labute approximate surface area is 199 Å². The van der Waals surface area contributed by atoms with Gasteiger partial charge in [0, 0.05) is 10.6 Å². The molecule has 3 aromatic carbocycles. The first kappa shape index (κ1) is 22.9. The monoisotopic (exact) mass is 483 g/mol. The largest absolute Gasteiger partial charge is 0.490 e. The Bertz CT molecular complexity index is 1230. The van der Waals surface area contributed by atoms with Gasteiger partial charge in [-0.25, -0.2) is 9.29 Å². The van der Waals surface area contributed by atoms with E-state index in [1.54, 1.807) is 66.7 Å². The Morgan fingerprint density at radius 2 is 1.76 bits per heavy atom. The van der Waals surface area contributed by atoms with Crippen molar-refractivity contribution in [2.45, 2.75) is 13.5 Å². The second-order valence-electron chi connectivity index (χ2n) is 7.01. The van der Waals surface area contributed by atoms with Crippen LogP contribution in [0.3, 0.4) is 0 Å². The number of halogens is 2.